The Morgan fingerprint density at radius 3 is 2.03 bits per heavy atom. The third-order valence-electron chi connectivity index (χ3n) is 7.30. The summed E-state index contributed by atoms with van der Waals surface area (Å²) >= 11 is 12.2. The summed E-state index contributed by atoms with van der Waals surface area (Å²) in [6, 6.07) is 13.3. The number of benzene rings is 2. The number of hydrogen-bond donors (Lipinski definition) is 1. The number of nitrogens with zero attached hydrogens (tertiary/aromatic N) is 2. The van der Waals surface area contributed by atoms with Crippen molar-refractivity contribution in [2.45, 2.75) is 50.6 Å². The number of halogens is 2. The van der Waals surface area contributed by atoms with Crippen LogP contribution in [-0.4, -0.2) is 41.7 Å². The Labute approximate surface area is 220 Å². The first-order chi connectivity index (χ1) is 17.1. The van der Waals surface area contributed by atoms with Gasteiger partial charge in [0.25, 0.3) is 5.70 Å². The van der Waals surface area contributed by atoms with Crippen LogP contribution in [0.4, 0.5) is 0 Å². The number of ether oxygens (including phenoxy) is 2. The van der Waals surface area contributed by atoms with Crippen molar-refractivity contribution in [1.82, 2.24) is 10.2 Å². The van der Waals surface area contributed by atoms with E-state index in [-0.39, 0.29) is 36.4 Å². The zero-order valence-electron chi connectivity index (χ0n) is 20.5. The van der Waals surface area contributed by atoms with Crippen LogP contribution >= 0.6 is 23.2 Å². The molecule has 1 heterocycles. The lowest BCUT2D eigenvalue weighted by Gasteiger charge is -2.55. The van der Waals surface area contributed by atoms with Gasteiger partial charge in [0.2, 0.25) is 5.79 Å². The van der Waals surface area contributed by atoms with Gasteiger partial charge in [-0.2, -0.15) is 0 Å². The Bertz CT molecular complexity index is 1170. The molecule has 2 aliphatic rings. The molecule has 1 aliphatic heterocycles. The predicted octanol–water partition coefficient (Wildman–Crippen LogP) is 5.50. The second-order valence-corrected chi connectivity index (χ2v) is 10.1. The van der Waals surface area contributed by atoms with E-state index in [1.807, 2.05) is 43.0 Å². The summed E-state index contributed by atoms with van der Waals surface area (Å²) in [4.78, 5) is 26.9. The van der Waals surface area contributed by atoms with Crippen molar-refractivity contribution in [2.24, 2.45) is 5.92 Å². The first kappa shape index (κ1) is 26.4. The molecule has 2 aromatic carbocycles. The summed E-state index contributed by atoms with van der Waals surface area (Å²) < 4.78 is 11.8. The number of carbonyl (C=O) groups is 1. The van der Waals surface area contributed by atoms with Crippen LogP contribution in [0.5, 0.6) is 0 Å². The van der Waals surface area contributed by atoms with E-state index in [1.165, 1.54) is 14.2 Å². The highest BCUT2D eigenvalue weighted by Crippen LogP contribution is 2.50. The minimum atomic E-state index is -1.37. The molecular weight excluding hydrogens is 505 g/mol. The molecular formula is C26H29Cl2N3O5. The fourth-order valence-electron chi connectivity index (χ4n) is 5.48. The van der Waals surface area contributed by atoms with Gasteiger partial charge < -0.3 is 19.7 Å². The first-order valence-corrected chi connectivity index (χ1v) is 12.4. The smallest absolute Gasteiger partial charge is 0.294 e. The average molecular weight is 534 g/mol. The van der Waals surface area contributed by atoms with Gasteiger partial charge in [-0.25, -0.2) is 0 Å². The SMILES string of the molecule is COC1(OC)C2CC(=O)CC1N(C(C)c1ccc(Cl)cc1)C(NC(C)c1ccc(Cl)cc1)=C2[N+](=O)[O-]. The molecule has 0 amide bonds. The Morgan fingerprint density at radius 1 is 1.00 bits per heavy atom. The standard InChI is InChI=1S/C26H29Cl2N3O5/c1-15(17-5-9-19(27)10-6-17)29-25-24(31(33)34)22-13-21(32)14-23(26(22,35-3)36-4)30(25)16(2)18-7-11-20(28)12-8-18/h5-12,15-16,22-23,29H,13-14H2,1-4H3. The largest absolute Gasteiger partial charge is 0.360 e. The molecule has 0 aromatic heterocycles. The molecule has 0 spiro atoms. The second kappa shape index (κ2) is 10.4. The highest BCUT2D eigenvalue weighted by atomic mass is 35.5. The molecule has 2 bridgehead atoms. The maximum absolute atomic E-state index is 12.9. The lowest BCUT2D eigenvalue weighted by Crippen LogP contribution is -2.68. The van der Waals surface area contributed by atoms with Crippen molar-refractivity contribution >= 4 is 29.0 Å². The van der Waals surface area contributed by atoms with Crippen LogP contribution in [0.3, 0.4) is 0 Å². The van der Waals surface area contributed by atoms with Gasteiger partial charge in [0.05, 0.1) is 23.0 Å². The normalized spacial score (nSPS) is 22.8. The molecule has 36 heavy (non-hydrogen) atoms. The Balaban J connectivity index is 1.91. The van der Waals surface area contributed by atoms with Gasteiger partial charge in [-0.05, 0) is 49.2 Å². The number of methoxy groups -OCH3 is 2. The first-order valence-electron chi connectivity index (χ1n) is 11.7. The van der Waals surface area contributed by atoms with E-state index in [4.69, 9.17) is 32.7 Å². The lowest BCUT2D eigenvalue weighted by atomic mass is 9.72. The molecule has 2 aromatic rings. The maximum Gasteiger partial charge on any atom is 0.294 e. The summed E-state index contributed by atoms with van der Waals surface area (Å²) in [7, 11) is 2.94. The van der Waals surface area contributed by atoms with E-state index >= 15 is 0 Å². The van der Waals surface area contributed by atoms with Crippen LogP contribution in [0.25, 0.3) is 0 Å². The molecule has 0 radical (unpaired) electrons. The molecule has 0 saturated heterocycles. The average Bonchev–Trinajstić information content (AvgIpc) is 2.84. The molecule has 1 fully saturated rings. The van der Waals surface area contributed by atoms with Gasteiger partial charge in [0.1, 0.15) is 11.7 Å². The zero-order chi connectivity index (χ0) is 26.2. The Kier molecular flexibility index (Phi) is 7.61. The molecule has 1 aliphatic carbocycles. The fourth-order valence-corrected chi connectivity index (χ4v) is 5.74. The summed E-state index contributed by atoms with van der Waals surface area (Å²) in [5.74, 6) is -1.99. The van der Waals surface area contributed by atoms with E-state index in [1.54, 1.807) is 24.3 Å². The van der Waals surface area contributed by atoms with Crippen molar-refractivity contribution in [2.75, 3.05) is 14.2 Å². The number of Topliss-reactive ketones (excluding diaryl/α,β-unsaturated/α-hetero) is 1. The summed E-state index contributed by atoms with van der Waals surface area (Å²) in [5, 5.41) is 17.2. The minimum absolute atomic E-state index is 0.0435. The van der Waals surface area contributed by atoms with Gasteiger partial charge in [-0.15, -0.1) is 0 Å². The number of carbonyl (C=O) groups excluding carboxylic acids is 1. The highest BCUT2D eigenvalue weighted by molar-refractivity contribution is 6.30. The molecule has 8 nitrogen and oxygen atoms in total. The van der Waals surface area contributed by atoms with Crippen molar-refractivity contribution in [3.05, 3.63) is 91.3 Å². The molecule has 4 rings (SSSR count). The van der Waals surface area contributed by atoms with Gasteiger partial charge in [-0.3, -0.25) is 14.9 Å². The number of hydrogen-bond acceptors (Lipinski definition) is 7. The quantitative estimate of drug-likeness (QED) is 0.271. The monoisotopic (exact) mass is 533 g/mol. The van der Waals surface area contributed by atoms with Crippen LogP contribution in [0.1, 0.15) is 49.9 Å². The predicted molar refractivity (Wildman–Crippen MR) is 137 cm³/mol. The number of nitro groups is 1. The molecule has 1 saturated carbocycles. The highest BCUT2D eigenvalue weighted by Gasteiger charge is 2.64. The second-order valence-electron chi connectivity index (χ2n) is 9.19. The Morgan fingerprint density at radius 2 is 1.53 bits per heavy atom. The van der Waals surface area contributed by atoms with Crippen molar-refractivity contribution in [1.29, 1.82) is 0 Å². The van der Waals surface area contributed by atoms with Crippen LogP contribution < -0.4 is 5.32 Å². The van der Waals surface area contributed by atoms with Gasteiger partial charge >= 0.3 is 0 Å². The molecule has 10 heteroatoms. The molecule has 4 unspecified atom stereocenters. The zero-order valence-corrected chi connectivity index (χ0v) is 22.0. The third kappa shape index (κ3) is 4.59. The van der Waals surface area contributed by atoms with Crippen molar-refractivity contribution < 1.29 is 19.2 Å². The number of fused-ring (bicyclic) bond motifs is 2. The van der Waals surface area contributed by atoms with E-state index < -0.39 is 22.7 Å². The molecule has 1 N–H and O–H groups in total. The number of nitrogens with one attached hydrogen (secondary N) is 1. The van der Waals surface area contributed by atoms with E-state index in [0.29, 0.717) is 15.9 Å². The molecule has 4 atom stereocenters. The fraction of sp³-hybridized carbons (Fsp3) is 0.423. The van der Waals surface area contributed by atoms with Crippen LogP contribution in [0.15, 0.2) is 60.0 Å². The van der Waals surface area contributed by atoms with E-state index in [0.717, 1.165) is 11.1 Å². The van der Waals surface area contributed by atoms with E-state index in [2.05, 4.69) is 5.32 Å². The van der Waals surface area contributed by atoms with E-state index in [9.17, 15) is 14.9 Å². The minimum Gasteiger partial charge on any atom is -0.360 e. The number of rotatable bonds is 8. The Hall–Kier alpha value is -2.65. The topological polar surface area (TPSA) is 93.9 Å². The summed E-state index contributed by atoms with van der Waals surface area (Å²) in [6.07, 6.45) is 0.0831. The third-order valence-corrected chi connectivity index (χ3v) is 7.80. The van der Waals surface area contributed by atoms with Crippen molar-refractivity contribution in [3.8, 4) is 0 Å². The van der Waals surface area contributed by atoms with Crippen LogP contribution in [-0.2, 0) is 14.3 Å². The lowest BCUT2D eigenvalue weighted by molar-refractivity contribution is -0.455. The summed E-state index contributed by atoms with van der Waals surface area (Å²) in [6.45, 7) is 3.86. The van der Waals surface area contributed by atoms with Gasteiger partial charge in [-0.1, -0.05) is 47.5 Å². The summed E-state index contributed by atoms with van der Waals surface area (Å²) in [5.41, 5.74) is 1.65. The van der Waals surface area contributed by atoms with Gasteiger partial charge in [0, 0.05) is 37.1 Å². The van der Waals surface area contributed by atoms with Gasteiger partial charge in [0.15, 0.2) is 5.82 Å². The number of ketones is 1. The van der Waals surface area contributed by atoms with Crippen LogP contribution in [0.2, 0.25) is 10.0 Å². The maximum atomic E-state index is 12.9. The van der Waals surface area contributed by atoms with Crippen LogP contribution in [0, 0.1) is 16.0 Å². The molecule has 192 valence electrons. The van der Waals surface area contributed by atoms with Crippen molar-refractivity contribution in [3.63, 3.8) is 0 Å².